The molecule has 0 saturated carbocycles. The highest BCUT2D eigenvalue weighted by Gasteiger charge is 1.97. The molecule has 0 aliphatic rings. The van der Waals surface area contributed by atoms with Gasteiger partial charge in [-0.15, -0.1) is 0 Å². The first-order valence-corrected chi connectivity index (χ1v) is 9.63. The normalized spacial score (nSPS) is 10.6. The van der Waals surface area contributed by atoms with Crippen LogP contribution in [-0.2, 0) is 16.1 Å². The van der Waals surface area contributed by atoms with E-state index < -0.39 is 0 Å². The molecule has 1 aromatic heterocycles. The Morgan fingerprint density at radius 2 is 1.64 bits per heavy atom. The Labute approximate surface area is 155 Å². The fraction of sp³-hybridized carbons (Fsp3) is 0.632. The van der Waals surface area contributed by atoms with Crippen molar-refractivity contribution >= 4 is 18.2 Å². The Morgan fingerprint density at radius 1 is 1.08 bits per heavy atom. The van der Waals surface area contributed by atoms with E-state index in [1.807, 2.05) is 4.57 Å². The van der Waals surface area contributed by atoms with E-state index in [0.717, 1.165) is 25.8 Å². The number of carbonyl (C=O) groups is 1. The van der Waals surface area contributed by atoms with Crippen LogP contribution in [0.5, 0.6) is 0 Å². The third kappa shape index (κ3) is 10.7. The van der Waals surface area contributed by atoms with Gasteiger partial charge in [-0.1, -0.05) is 57.9 Å². The molecule has 140 valence electrons. The number of nitrogens with one attached hydrogen (secondary N) is 1. The van der Waals surface area contributed by atoms with Crippen LogP contribution in [0.15, 0.2) is 29.7 Å². The fourth-order valence-corrected chi connectivity index (χ4v) is 2.90. The van der Waals surface area contributed by atoms with Crippen LogP contribution in [-0.4, -0.2) is 22.1 Å². The van der Waals surface area contributed by atoms with E-state index in [4.69, 9.17) is 17.0 Å². The van der Waals surface area contributed by atoms with Crippen molar-refractivity contribution in [3.05, 3.63) is 40.0 Å². The molecule has 1 heterocycles. The largest absolute Gasteiger partial charge is 0.463 e. The first kappa shape index (κ1) is 21.4. The van der Waals surface area contributed by atoms with Gasteiger partial charge >= 0.3 is 5.97 Å². The molecular weight excluding hydrogens is 336 g/mol. The van der Waals surface area contributed by atoms with Gasteiger partial charge in [0.15, 0.2) is 4.77 Å². The number of hydrogen-bond acceptors (Lipinski definition) is 4. The number of H-pyrrole nitrogens is 1. The smallest absolute Gasteiger partial charge is 0.330 e. The molecule has 0 atom stereocenters. The first-order chi connectivity index (χ1) is 12.1. The topological polar surface area (TPSA) is 64.1 Å². The van der Waals surface area contributed by atoms with Gasteiger partial charge in [0.2, 0.25) is 0 Å². The molecule has 0 unspecified atom stereocenters. The monoisotopic (exact) mass is 366 g/mol. The summed E-state index contributed by atoms with van der Waals surface area (Å²) < 4.78 is 7.36. The Hall–Kier alpha value is -1.69. The quantitative estimate of drug-likeness (QED) is 0.227. The highest BCUT2D eigenvalue weighted by atomic mass is 32.1. The molecule has 25 heavy (non-hydrogen) atoms. The van der Waals surface area contributed by atoms with Gasteiger partial charge in [0.25, 0.3) is 5.56 Å². The number of nitrogens with zero attached hydrogens (tertiary/aromatic N) is 1. The van der Waals surface area contributed by atoms with Crippen molar-refractivity contribution in [2.75, 3.05) is 6.61 Å². The average molecular weight is 367 g/mol. The molecule has 1 rings (SSSR count). The lowest BCUT2D eigenvalue weighted by Gasteiger charge is -2.06. The second-order valence-electron chi connectivity index (χ2n) is 6.21. The van der Waals surface area contributed by atoms with Crippen LogP contribution < -0.4 is 5.56 Å². The maximum absolute atomic E-state index is 11.1. The number of carbonyl (C=O) groups excluding carboxylic acids is 1. The van der Waals surface area contributed by atoms with Crippen LogP contribution >= 0.6 is 12.2 Å². The molecule has 0 saturated heterocycles. The number of ether oxygens (including phenoxy) is 1. The maximum atomic E-state index is 11.1. The van der Waals surface area contributed by atoms with Gasteiger partial charge < -0.3 is 9.30 Å². The minimum atomic E-state index is -0.331. The summed E-state index contributed by atoms with van der Waals surface area (Å²) in [6.45, 7) is 4.74. The molecule has 6 heteroatoms. The van der Waals surface area contributed by atoms with Crippen molar-refractivity contribution in [3.8, 4) is 0 Å². The van der Waals surface area contributed by atoms with Gasteiger partial charge in [-0.3, -0.25) is 9.78 Å². The predicted molar refractivity (Wildman–Crippen MR) is 103 cm³/mol. The highest BCUT2D eigenvalue weighted by molar-refractivity contribution is 7.71. The SMILES string of the molecule is C=CC(=O)OCCCCCCCCCCCCn1ccc(=O)[nH]c1=S. The fourth-order valence-electron chi connectivity index (χ4n) is 2.65. The molecule has 0 aliphatic heterocycles. The zero-order chi connectivity index (χ0) is 18.3. The van der Waals surface area contributed by atoms with Crippen molar-refractivity contribution in [1.29, 1.82) is 0 Å². The number of aromatic amines is 1. The summed E-state index contributed by atoms with van der Waals surface area (Å²) in [7, 11) is 0. The van der Waals surface area contributed by atoms with Crippen LogP contribution in [0.25, 0.3) is 0 Å². The summed E-state index contributed by atoms with van der Waals surface area (Å²) in [5.41, 5.74) is -0.140. The van der Waals surface area contributed by atoms with Gasteiger partial charge in [-0.2, -0.15) is 0 Å². The number of rotatable bonds is 14. The number of aryl methyl sites for hydroxylation is 1. The van der Waals surface area contributed by atoms with Crippen molar-refractivity contribution in [2.24, 2.45) is 0 Å². The van der Waals surface area contributed by atoms with E-state index in [9.17, 15) is 9.59 Å². The van der Waals surface area contributed by atoms with Crippen LogP contribution in [0, 0.1) is 4.77 Å². The lowest BCUT2D eigenvalue weighted by atomic mass is 10.1. The number of esters is 1. The van der Waals surface area contributed by atoms with E-state index in [2.05, 4.69) is 11.6 Å². The lowest BCUT2D eigenvalue weighted by molar-refractivity contribution is -0.137. The molecule has 0 bridgehead atoms. The molecular formula is C19H30N2O3S. The van der Waals surface area contributed by atoms with Gasteiger partial charge in [-0.05, 0) is 25.1 Å². The van der Waals surface area contributed by atoms with E-state index in [1.165, 1.54) is 57.1 Å². The lowest BCUT2D eigenvalue weighted by Crippen LogP contribution is -2.11. The van der Waals surface area contributed by atoms with Crippen molar-refractivity contribution < 1.29 is 9.53 Å². The van der Waals surface area contributed by atoms with Crippen molar-refractivity contribution in [1.82, 2.24) is 9.55 Å². The van der Waals surface area contributed by atoms with Crippen molar-refractivity contribution in [3.63, 3.8) is 0 Å². The average Bonchev–Trinajstić information content (AvgIpc) is 2.60. The van der Waals surface area contributed by atoms with Crippen LogP contribution in [0.2, 0.25) is 0 Å². The van der Waals surface area contributed by atoms with E-state index in [-0.39, 0.29) is 11.5 Å². The Morgan fingerprint density at radius 3 is 2.20 bits per heavy atom. The molecule has 0 aromatic carbocycles. The molecule has 0 fully saturated rings. The van der Waals surface area contributed by atoms with E-state index >= 15 is 0 Å². The first-order valence-electron chi connectivity index (χ1n) is 9.22. The van der Waals surface area contributed by atoms with Gasteiger partial charge in [0, 0.05) is 24.9 Å². The van der Waals surface area contributed by atoms with E-state index in [0.29, 0.717) is 11.4 Å². The summed E-state index contributed by atoms with van der Waals surface area (Å²) in [5, 5.41) is 0. The summed E-state index contributed by atoms with van der Waals surface area (Å²) in [6, 6.07) is 1.51. The maximum Gasteiger partial charge on any atom is 0.330 e. The molecule has 0 amide bonds. The number of aromatic nitrogens is 2. The number of unbranched alkanes of at least 4 members (excludes halogenated alkanes) is 9. The summed E-state index contributed by atoms with van der Waals surface area (Å²) in [6.07, 6.45) is 14.8. The van der Waals surface area contributed by atoms with Gasteiger partial charge in [-0.25, -0.2) is 4.79 Å². The predicted octanol–water partition coefficient (Wildman–Crippen LogP) is 4.54. The summed E-state index contributed by atoms with van der Waals surface area (Å²) in [4.78, 5) is 24.6. The van der Waals surface area contributed by atoms with Gasteiger partial charge in [0.1, 0.15) is 0 Å². The Balaban J connectivity index is 1.87. The van der Waals surface area contributed by atoms with Crippen LogP contribution in [0.3, 0.4) is 0 Å². The Kier molecular flexibility index (Phi) is 11.6. The van der Waals surface area contributed by atoms with Crippen LogP contribution in [0.4, 0.5) is 0 Å². The minimum absolute atomic E-state index is 0.140. The second-order valence-corrected chi connectivity index (χ2v) is 6.60. The molecule has 0 aliphatic carbocycles. The number of hydrogen-bond donors (Lipinski definition) is 1. The zero-order valence-electron chi connectivity index (χ0n) is 15.0. The van der Waals surface area contributed by atoms with Crippen molar-refractivity contribution in [2.45, 2.75) is 70.8 Å². The standard InChI is InChI=1S/C19H30N2O3S/c1-2-18(23)24-16-12-10-8-6-4-3-5-7-9-11-14-21-15-13-17(22)20-19(21)25/h2,13,15H,1,3-12,14,16H2,(H,20,22,25). The molecule has 1 N–H and O–H groups in total. The molecule has 0 spiro atoms. The third-order valence-electron chi connectivity index (χ3n) is 4.10. The molecule has 5 nitrogen and oxygen atoms in total. The third-order valence-corrected chi connectivity index (χ3v) is 4.44. The molecule has 0 radical (unpaired) electrons. The van der Waals surface area contributed by atoms with Crippen LogP contribution in [0.1, 0.15) is 64.2 Å². The summed E-state index contributed by atoms with van der Waals surface area (Å²) >= 11 is 5.12. The minimum Gasteiger partial charge on any atom is -0.463 e. The molecule has 1 aromatic rings. The van der Waals surface area contributed by atoms with Gasteiger partial charge in [0.05, 0.1) is 6.61 Å². The summed E-state index contributed by atoms with van der Waals surface area (Å²) in [5.74, 6) is -0.331. The zero-order valence-corrected chi connectivity index (χ0v) is 15.8. The Bertz CT molecular complexity index is 622. The second kappa shape index (κ2) is 13.6. The highest BCUT2D eigenvalue weighted by Crippen LogP contribution is 2.11. The van der Waals surface area contributed by atoms with E-state index in [1.54, 1.807) is 6.20 Å².